The standard InChI is InChI=1S/C12H22O3S/c1-4-6-10(13)7-5-8-11(14)12(2,3)9-15-16/h4,10,13,16H,1,5-9H2,2-3H3/t10-/m1/s1. The maximum absolute atomic E-state index is 11.8. The lowest BCUT2D eigenvalue weighted by Gasteiger charge is -2.21. The van der Waals surface area contributed by atoms with Crippen LogP contribution in [0.15, 0.2) is 12.7 Å². The minimum absolute atomic E-state index is 0.146. The monoisotopic (exact) mass is 246 g/mol. The number of ketones is 1. The summed E-state index contributed by atoms with van der Waals surface area (Å²) in [5.74, 6) is 0.146. The largest absolute Gasteiger partial charge is 0.393 e. The Labute approximate surface area is 103 Å². The molecule has 0 aliphatic rings. The van der Waals surface area contributed by atoms with E-state index in [1.54, 1.807) is 6.08 Å². The molecule has 0 radical (unpaired) electrons. The van der Waals surface area contributed by atoms with Crippen LogP contribution < -0.4 is 0 Å². The third-order valence-electron chi connectivity index (χ3n) is 2.56. The molecule has 0 amide bonds. The van der Waals surface area contributed by atoms with E-state index in [4.69, 9.17) is 4.18 Å². The van der Waals surface area contributed by atoms with Crippen LogP contribution in [-0.4, -0.2) is 23.6 Å². The van der Waals surface area contributed by atoms with Gasteiger partial charge in [-0.1, -0.05) is 19.9 Å². The molecule has 0 aliphatic heterocycles. The topological polar surface area (TPSA) is 46.5 Å². The molecule has 94 valence electrons. The van der Waals surface area contributed by atoms with Crippen LogP contribution in [0.3, 0.4) is 0 Å². The molecule has 0 aromatic heterocycles. The molecule has 16 heavy (non-hydrogen) atoms. The van der Waals surface area contributed by atoms with Crippen LogP contribution in [0.25, 0.3) is 0 Å². The molecule has 0 fully saturated rings. The Morgan fingerprint density at radius 2 is 2.25 bits per heavy atom. The zero-order valence-corrected chi connectivity index (χ0v) is 11.0. The quantitative estimate of drug-likeness (QED) is 0.373. The normalized spacial score (nSPS) is 13.5. The Morgan fingerprint density at radius 1 is 1.62 bits per heavy atom. The van der Waals surface area contributed by atoms with Crippen LogP contribution in [0.1, 0.15) is 39.5 Å². The van der Waals surface area contributed by atoms with Crippen molar-refractivity contribution in [1.29, 1.82) is 0 Å². The smallest absolute Gasteiger partial charge is 0.140 e. The number of thiol groups is 1. The Bertz CT molecular complexity index is 226. The highest BCUT2D eigenvalue weighted by atomic mass is 32.1. The third kappa shape index (κ3) is 6.30. The van der Waals surface area contributed by atoms with E-state index >= 15 is 0 Å². The van der Waals surface area contributed by atoms with Gasteiger partial charge in [-0.3, -0.25) is 4.79 Å². The van der Waals surface area contributed by atoms with Crippen molar-refractivity contribution in [3.8, 4) is 0 Å². The molecule has 0 aliphatic carbocycles. The molecular formula is C12H22O3S. The Balaban J connectivity index is 3.84. The molecular weight excluding hydrogens is 224 g/mol. The zero-order valence-electron chi connectivity index (χ0n) is 10.1. The van der Waals surface area contributed by atoms with E-state index in [0.717, 1.165) is 0 Å². The summed E-state index contributed by atoms with van der Waals surface area (Å²) in [6.45, 7) is 7.54. The number of rotatable bonds is 9. The minimum atomic E-state index is -0.495. The number of aliphatic hydroxyl groups is 1. The molecule has 0 aromatic rings. The van der Waals surface area contributed by atoms with Gasteiger partial charge < -0.3 is 9.29 Å². The zero-order chi connectivity index (χ0) is 12.6. The molecule has 1 N–H and O–H groups in total. The Morgan fingerprint density at radius 3 is 2.75 bits per heavy atom. The van der Waals surface area contributed by atoms with Crippen LogP contribution in [0.5, 0.6) is 0 Å². The van der Waals surface area contributed by atoms with E-state index in [2.05, 4.69) is 19.5 Å². The van der Waals surface area contributed by atoms with Crippen LogP contribution in [0.4, 0.5) is 0 Å². The highest BCUT2D eigenvalue weighted by Crippen LogP contribution is 2.21. The maximum atomic E-state index is 11.8. The van der Waals surface area contributed by atoms with E-state index in [0.29, 0.717) is 32.3 Å². The SMILES string of the molecule is C=CC[C@@H](O)CCCC(=O)C(C)(C)COS. The Hall–Kier alpha value is -0.320. The number of aliphatic hydroxyl groups excluding tert-OH is 1. The number of Topliss-reactive ketones (excluding diaryl/α,β-unsaturated/α-hetero) is 1. The highest BCUT2D eigenvalue weighted by Gasteiger charge is 2.26. The second kappa shape index (κ2) is 7.87. The van der Waals surface area contributed by atoms with Gasteiger partial charge in [-0.15, -0.1) is 6.58 Å². The lowest BCUT2D eigenvalue weighted by molar-refractivity contribution is -0.128. The van der Waals surface area contributed by atoms with Gasteiger partial charge >= 0.3 is 0 Å². The molecule has 4 heteroatoms. The molecule has 0 unspecified atom stereocenters. The number of carbonyl (C=O) groups excluding carboxylic acids is 1. The molecule has 0 heterocycles. The van der Waals surface area contributed by atoms with Crippen LogP contribution in [0, 0.1) is 5.41 Å². The van der Waals surface area contributed by atoms with Gasteiger partial charge in [0.15, 0.2) is 0 Å². The molecule has 0 saturated heterocycles. The number of hydrogen-bond donors (Lipinski definition) is 2. The molecule has 0 aromatic carbocycles. The van der Waals surface area contributed by atoms with Crippen molar-refractivity contribution in [1.82, 2.24) is 0 Å². The van der Waals surface area contributed by atoms with Gasteiger partial charge in [0.1, 0.15) is 5.78 Å². The molecule has 0 saturated carbocycles. The van der Waals surface area contributed by atoms with E-state index in [1.165, 1.54) is 0 Å². The molecule has 0 rings (SSSR count). The van der Waals surface area contributed by atoms with E-state index in [-0.39, 0.29) is 11.9 Å². The van der Waals surface area contributed by atoms with Crippen LogP contribution >= 0.6 is 12.9 Å². The first kappa shape index (κ1) is 15.7. The van der Waals surface area contributed by atoms with Gasteiger partial charge in [-0.05, 0) is 32.2 Å². The Kier molecular flexibility index (Phi) is 7.72. The molecule has 0 bridgehead atoms. The minimum Gasteiger partial charge on any atom is -0.393 e. The van der Waals surface area contributed by atoms with Crippen molar-refractivity contribution in [3.05, 3.63) is 12.7 Å². The summed E-state index contributed by atoms with van der Waals surface area (Å²) < 4.78 is 4.70. The third-order valence-corrected chi connectivity index (χ3v) is 2.69. The van der Waals surface area contributed by atoms with E-state index in [9.17, 15) is 9.90 Å². The van der Waals surface area contributed by atoms with E-state index < -0.39 is 5.41 Å². The molecule has 3 nitrogen and oxygen atoms in total. The second-order valence-corrected chi connectivity index (χ2v) is 4.91. The summed E-state index contributed by atoms with van der Waals surface area (Å²) in [5, 5.41) is 9.45. The van der Waals surface area contributed by atoms with Gasteiger partial charge in [0.25, 0.3) is 0 Å². The van der Waals surface area contributed by atoms with Crippen molar-refractivity contribution < 1.29 is 14.1 Å². The fraction of sp³-hybridized carbons (Fsp3) is 0.750. The van der Waals surface area contributed by atoms with Crippen molar-refractivity contribution in [2.75, 3.05) is 6.61 Å². The summed E-state index contributed by atoms with van der Waals surface area (Å²) in [6, 6.07) is 0. The van der Waals surface area contributed by atoms with Gasteiger partial charge in [0.2, 0.25) is 0 Å². The average Bonchev–Trinajstić information content (AvgIpc) is 2.17. The maximum Gasteiger partial charge on any atom is 0.140 e. The molecule has 1 atom stereocenters. The first-order valence-electron chi connectivity index (χ1n) is 5.52. The summed E-state index contributed by atoms with van der Waals surface area (Å²) in [5.41, 5.74) is -0.495. The van der Waals surface area contributed by atoms with Gasteiger partial charge in [0.05, 0.1) is 12.7 Å². The van der Waals surface area contributed by atoms with Crippen molar-refractivity contribution >= 4 is 18.7 Å². The molecule has 0 spiro atoms. The van der Waals surface area contributed by atoms with Crippen molar-refractivity contribution in [2.45, 2.75) is 45.6 Å². The number of hydrogen-bond acceptors (Lipinski definition) is 4. The fourth-order valence-corrected chi connectivity index (χ4v) is 1.71. The predicted molar refractivity (Wildman–Crippen MR) is 68.4 cm³/mol. The van der Waals surface area contributed by atoms with Crippen molar-refractivity contribution in [2.24, 2.45) is 5.41 Å². The van der Waals surface area contributed by atoms with Gasteiger partial charge in [0, 0.05) is 11.8 Å². The first-order valence-corrected chi connectivity index (χ1v) is 5.89. The van der Waals surface area contributed by atoms with Crippen molar-refractivity contribution in [3.63, 3.8) is 0 Å². The first-order chi connectivity index (χ1) is 7.44. The lowest BCUT2D eigenvalue weighted by Crippen LogP contribution is -2.28. The summed E-state index contributed by atoms with van der Waals surface area (Å²) >= 11 is 3.66. The number of carbonyl (C=O) groups is 1. The second-order valence-electron chi connectivity index (χ2n) is 4.65. The highest BCUT2D eigenvalue weighted by molar-refractivity contribution is 7.75. The van der Waals surface area contributed by atoms with Gasteiger partial charge in [-0.25, -0.2) is 0 Å². The van der Waals surface area contributed by atoms with Gasteiger partial charge in [-0.2, -0.15) is 0 Å². The summed E-state index contributed by atoms with van der Waals surface area (Å²) in [4.78, 5) is 11.8. The van der Waals surface area contributed by atoms with Crippen LogP contribution in [0.2, 0.25) is 0 Å². The van der Waals surface area contributed by atoms with E-state index in [1.807, 2.05) is 13.8 Å². The average molecular weight is 246 g/mol. The fourth-order valence-electron chi connectivity index (χ4n) is 1.39. The summed E-state index contributed by atoms with van der Waals surface area (Å²) in [7, 11) is 0. The summed E-state index contributed by atoms with van der Waals surface area (Å²) in [6.07, 6.45) is 3.69. The predicted octanol–water partition coefficient (Wildman–Crippen LogP) is 2.55. The van der Waals surface area contributed by atoms with Crippen LogP contribution in [-0.2, 0) is 8.98 Å². The lowest BCUT2D eigenvalue weighted by atomic mass is 9.86.